The van der Waals surface area contributed by atoms with Crippen molar-refractivity contribution in [2.75, 3.05) is 6.54 Å². The van der Waals surface area contributed by atoms with Gasteiger partial charge < -0.3 is 37.6 Å². The lowest BCUT2D eigenvalue weighted by Gasteiger charge is -2.03. The van der Waals surface area contributed by atoms with E-state index in [1.54, 1.807) is 42.5 Å². The van der Waals surface area contributed by atoms with Crippen molar-refractivity contribution in [2.24, 2.45) is 22.2 Å². The van der Waals surface area contributed by atoms with E-state index in [0.717, 1.165) is 5.56 Å². The second-order valence-corrected chi connectivity index (χ2v) is 6.10. The summed E-state index contributed by atoms with van der Waals surface area (Å²) in [5.74, 6) is -0.721. The van der Waals surface area contributed by atoms with Crippen LogP contribution < -0.4 is 17.2 Å². The maximum atomic E-state index is 10.2. The summed E-state index contributed by atoms with van der Waals surface area (Å²) in [4.78, 5) is 13.9. The zero-order valence-electron chi connectivity index (χ0n) is 15.8. The first-order valence-corrected chi connectivity index (χ1v) is 8.71. The molecule has 1 atom stereocenters. The van der Waals surface area contributed by atoms with Crippen LogP contribution in [0.2, 0.25) is 0 Å². The molecule has 9 heteroatoms. The Balaban J connectivity index is 0.000000311. The third-order valence-corrected chi connectivity index (χ3v) is 3.57. The van der Waals surface area contributed by atoms with E-state index in [1.807, 2.05) is 6.08 Å². The number of phenolic OH excluding ortho intramolecular Hbond substituents is 3. The van der Waals surface area contributed by atoms with Gasteiger partial charge in [0.05, 0.1) is 0 Å². The second-order valence-electron chi connectivity index (χ2n) is 6.10. The molecule has 0 aliphatic heterocycles. The summed E-state index contributed by atoms with van der Waals surface area (Å²) in [6.07, 6.45) is 4.55. The average Bonchev–Trinajstić information content (AvgIpc) is 2.64. The molecule has 0 amide bonds. The van der Waals surface area contributed by atoms with Crippen LogP contribution in [0, 0.1) is 0 Å². The average molecular weight is 402 g/mol. The molecule has 0 unspecified atom stereocenters. The van der Waals surface area contributed by atoms with Crippen molar-refractivity contribution in [1.29, 1.82) is 0 Å². The molecule has 0 saturated heterocycles. The van der Waals surface area contributed by atoms with Crippen LogP contribution in [-0.4, -0.2) is 44.9 Å². The highest BCUT2D eigenvalue weighted by atomic mass is 16.4. The van der Waals surface area contributed by atoms with Crippen LogP contribution >= 0.6 is 0 Å². The predicted octanol–water partition coefficient (Wildman–Crippen LogP) is 1.43. The third kappa shape index (κ3) is 10.3. The van der Waals surface area contributed by atoms with Gasteiger partial charge in [-0.3, -0.25) is 9.79 Å². The van der Waals surface area contributed by atoms with Crippen molar-refractivity contribution in [3.8, 4) is 17.2 Å². The molecule has 0 saturated carbocycles. The highest BCUT2D eigenvalue weighted by Gasteiger charge is 2.09. The fourth-order valence-electron chi connectivity index (χ4n) is 2.13. The number of benzene rings is 2. The second kappa shape index (κ2) is 11.9. The molecule has 29 heavy (non-hydrogen) atoms. The maximum absolute atomic E-state index is 10.2. The van der Waals surface area contributed by atoms with Crippen molar-refractivity contribution in [3.05, 3.63) is 53.6 Å². The van der Waals surface area contributed by atoms with E-state index in [0.29, 0.717) is 24.9 Å². The summed E-state index contributed by atoms with van der Waals surface area (Å²) < 4.78 is 0. The maximum Gasteiger partial charge on any atom is 0.320 e. The highest BCUT2D eigenvalue weighted by Crippen LogP contribution is 2.22. The number of nitrogens with two attached hydrogens (primary N) is 3. The fourth-order valence-corrected chi connectivity index (χ4v) is 2.13. The molecule has 0 radical (unpaired) electrons. The van der Waals surface area contributed by atoms with E-state index in [4.69, 9.17) is 27.4 Å². The summed E-state index contributed by atoms with van der Waals surface area (Å²) in [5, 5.41) is 36.1. The first-order valence-electron chi connectivity index (χ1n) is 8.71. The molecule has 0 heterocycles. The van der Waals surface area contributed by atoms with Crippen LogP contribution in [0.25, 0.3) is 12.2 Å². The largest absolute Gasteiger partial charge is 0.508 e. The van der Waals surface area contributed by atoms with E-state index in [2.05, 4.69) is 4.99 Å². The molecule has 10 N–H and O–H groups in total. The van der Waals surface area contributed by atoms with Crippen molar-refractivity contribution in [1.82, 2.24) is 0 Å². The number of rotatable bonds is 7. The number of aliphatic carboxylic acids is 1. The van der Waals surface area contributed by atoms with Crippen LogP contribution in [-0.2, 0) is 4.79 Å². The topological polar surface area (TPSA) is 188 Å². The zero-order chi connectivity index (χ0) is 21.8. The number of nitrogens with zero attached hydrogens (tertiary/aromatic N) is 1. The predicted molar refractivity (Wildman–Crippen MR) is 112 cm³/mol. The fraction of sp³-hybridized carbons (Fsp3) is 0.200. The molecule has 0 aromatic heterocycles. The van der Waals surface area contributed by atoms with Crippen molar-refractivity contribution < 1.29 is 25.2 Å². The number of aliphatic imine (C=N–C) groups is 1. The number of guanidine groups is 1. The van der Waals surface area contributed by atoms with Crippen molar-refractivity contribution >= 4 is 24.1 Å². The number of hydrogen-bond donors (Lipinski definition) is 7. The molecule has 2 aromatic rings. The summed E-state index contributed by atoms with van der Waals surface area (Å²) in [6, 6.07) is 10.3. The van der Waals surface area contributed by atoms with E-state index in [9.17, 15) is 15.0 Å². The monoisotopic (exact) mass is 402 g/mol. The minimum atomic E-state index is -1.00. The Morgan fingerprint density at radius 2 is 1.48 bits per heavy atom. The van der Waals surface area contributed by atoms with E-state index < -0.39 is 12.0 Å². The van der Waals surface area contributed by atoms with Gasteiger partial charge >= 0.3 is 5.97 Å². The minimum absolute atomic E-state index is 0.0129. The van der Waals surface area contributed by atoms with Gasteiger partial charge in [-0.05, 0) is 48.2 Å². The minimum Gasteiger partial charge on any atom is -0.508 e. The van der Waals surface area contributed by atoms with Crippen LogP contribution in [0.4, 0.5) is 0 Å². The van der Waals surface area contributed by atoms with Gasteiger partial charge in [-0.25, -0.2) is 0 Å². The van der Waals surface area contributed by atoms with Crippen LogP contribution in [0.3, 0.4) is 0 Å². The quantitative estimate of drug-likeness (QED) is 0.157. The van der Waals surface area contributed by atoms with Crippen LogP contribution in [0.5, 0.6) is 17.2 Å². The van der Waals surface area contributed by atoms with Gasteiger partial charge in [0, 0.05) is 12.6 Å². The summed E-state index contributed by atoms with van der Waals surface area (Å²) >= 11 is 0. The lowest BCUT2D eigenvalue weighted by atomic mass is 10.1. The molecule has 0 aliphatic rings. The van der Waals surface area contributed by atoms with Gasteiger partial charge in [0.25, 0.3) is 0 Å². The number of carboxylic acid groups (broad SMARTS) is 1. The highest BCUT2D eigenvalue weighted by molar-refractivity contribution is 5.75. The molecule has 0 bridgehead atoms. The Morgan fingerprint density at radius 3 is 2.00 bits per heavy atom. The number of hydrogen-bond acceptors (Lipinski definition) is 6. The standard InChI is InChI=1S/C14H12O3.C6H14N4O2/c15-12-5-3-10(4-6-12)1-2-11-7-13(16)9-14(17)8-11;7-4(5(11)12)2-1-3-10-6(8)9/h1-9,15-17H;4H,1-3,7H2,(H,11,12)(H4,8,9,10)/b2-1+;/t;4-/m.0/s1. The number of carboxylic acids is 1. The SMILES string of the molecule is NC(N)=NCCC[C@H](N)C(=O)O.Oc1ccc(/C=C/c2cc(O)cc(O)c2)cc1. The Labute approximate surface area is 168 Å². The third-order valence-electron chi connectivity index (χ3n) is 3.57. The molecular weight excluding hydrogens is 376 g/mol. The Bertz CT molecular complexity index is 826. The Morgan fingerprint density at radius 1 is 0.931 bits per heavy atom. The number of aromatic hydroxyl groups is 3. The summed E-state index contributed by atoms with van der Waals surface area (Å²) in [5.41, 5.74) is 16.9. The first kappa shape index (κ1) is 23.3. The molecule has 9 nitrogen and oxygen atoms in total. The molecule has 2 rings (SSSR count). The Hall–Kier alpha value is -3.72. The summed E-state index contributed by atoms with van der Waals surface area (Å²) in [7, 11) is 0. The van der Waals surface area contributed by atoms with Gasteiger partial charge in [-0.2, -0.15) is 0 Å². The van der Waals surface area contributed by atoms with Gasteiger partial charge in [-0.15, -0.1) is 0 Å². The smallest absolute Gasteiger partial charge is 0.320 e. The summed E-state index contributed by atoms with van der Waals surface area (Å²) in [6.45, 7) is 0.420. The molecule has 2 aromatic carbocycles. The number of phenols is 3. The van der Waals surface area contributed by atoms with Crippen LogP contribution in [0.1, 0.15) is 24.0 Å². The molecular formula is C20H26N4O5. The lowest BCUT2D eigenvalue weighted by Crippen LogP contribution is -2.30. The molecule has 0 fully saturated rings. The first-order chi connectivity index (χ1) is 13.7. The molecule has 0 aliphatic carbocycles. The van der Waals surface area contributed by atoms with E-state index >= 15 is 0 Å². The zero-order valence-corrected chi connectivity index (χ0v) is 15.8. The van der Waals surface area contributed by atoms with Crippen molar-refractivity contribution in [2.45, 2.75) is 18.9 Å². The Kier molecular flexibility index (Phi) is 9.55. The van der Waals surface area contributed by atoms with E-state index in [1.165, 1.54) is 6.07 Å². The number of carbonyl (C=O) groups is 1. The van der Waals surface area contributed by atoms with E-state index in [-0.39, 0.29) is 23.2 Å². The van der Waals surface area contributed by atoms with Gasteiger partial charge in [-0.1, -0.05) is 24.3 Å². The van der Waals surface area contributed by atoms with Gasteiger partial charge in [0.1, 0.15) is 23.3 Å². The lowest BCUT2D eigenvalue weighted by molar-refractivity contribution is -0.138. The molecule has 0 spiro atoms. The normalized spacial score (nSPS) is 11.3. The van der Waals surface area contributed by atoms with Crippen LogP contribution in [0.15, 0.2) is 47.5 Å². The van der Waals surface area contributed by atoms with Gasteiger partial charge in [0.2, 0.25) is 0 Å². The van der Waals surface area contributed by atoms with Crippen molar-refractivity contribution in [3.63, 3.8) is 0 Å². The molecule has 156 valence electrons. The van der Waals surface area contributed by atoms with Gasteiger partial charge in [0.15, 0.2) is 5.96 Å².